The second kappa shape index (κ2) is 6.55. The van der Waals surface area contributed by atoms with Crippen LogP contribution in [0.25, 0.3) is 6.08 Å². The summed E-state index contributed by atoms with van der Waals surface area (Å²) in [6.07, 6.45) is 3.62. The van der Waals surface area contributed by atoms with E-state index in [9.17, 15) is 8.42 Å². The van der Waals surface area contributed by atoms with Gasteiger partial charge in [0, 0.05) is 12.0 Å². The molecule has 1 fully saturated rings. The molecule has 3 rings (SSSR count). The molecule has 0 aliphatic carbocycles. The predicted molar refractivity (Wildman–Crippen MR) is 84.9 cm³/mol. The van der Waals surface area contributed by atoms with Crippen LogP contribution in [0.2, 0.25) is 0 Å². The molecule has 0 N–H and O–H groups in total. The fourth-order valence-electron chi connectivity index (χ4n) is 2.22. The van der Waals surface area contributed by atoms with E-state index in [1.165, 1.54) is 15.9 Å². The Morgan fingerprint density at radius 3 is 2.86 bits per heavy atom. The third kappa shape index (κ3) is 3.70. The Kier molecular flexibility index (Phi) is 4.51. The maximum absolute atomic E-state index is 12.3. The molecule has 8 heteroatoms. The number of nitrogens with zero attached hydrogens (tertiary/aromatic N) is 3. The Balaban J connectivity index is 1.62. The highest BCUT2D eigenvalue weighted by atomic mass is 32.2. The van der Waals surface area contributed by atoms with E-state index in [1.807, 2.05) is 30.3 Å². The van der Waals surface area contributed by atoms with Gasteiger partial charge in [0.1, 0.15) is 12.3 Å². The van der Waals surface area contributed by atoms with Gasteiger partial charge in [-0.05, 0) is 18.1 Å². The minimum Gasteiger partial charge on any atom is -0.471 e. The number of sulfonamides is 1. The Hall–Kier alpha value is -1.77. The summed E-state index contributed by atoms with van der Waals surface area (Å²) in [5.74, 6) is 0.453. The number of hydrogen-bond donors (Lipinski definition) is 0. The fourth-order valence-corrected chi connectivity index (χ4v) is 3.81. The molecule has 1 aliphatic heterocycles. The second-order valence-electron chi connectivity index (χ2n) is 4.89. The Labute approximate surface area is 133 Å². The van der Waals surface area contributed by atoms with Gasteiger partial charge < -0.3 is 4.74 Å². The lowest BCUT2D eigenvalue weighted by atomic mass is 10.2. The summed E-state index contributed by atoms with van der Waals surface area (Å²) in [6, 6.07) is 9.34. The van der Waals surface area contributed by atoms with E-state index in [1.54, 1.807) is 6.08 Å². The van der Waals surface area contributed by atoms with Crippen molar-refractivity contribution in [1.82, 2.24) is 13.1 Å². The summed E-state index contributed by atoms with van der Waals surface area (Å²) >= 11 is 1.07. The second-order valence-corrected chi connectivity index (χ2v) is 7.27. The van der Waals surface area contributed by atoms with Crippen molar-refractivity contribution in [3.63, 3.8) is 0 Å². The van der Waals surface area contributed by atoms with Gasteiger partial charge in [0.15, 0.2) is 0 Å². The average Bonchev–Trinajstić information content (AvgIpc) is 3.19. The van der Waals surface area contributed by atoms with E-state index >= 15 is 0 Å². The highest BCUT2D eigenvalue weighted by molar-refractivity contribution is 7.92. The first-order valence-corrected chi connectivity index (χ1v) is 9.04. The van der Waals surface area contributed by atoms with Gasteiger partial charge in [0.2, 0.25) is 15.9 Å². The van der Waals surface area contributed by atoms with Gasteiger partial charge in [-0.1, -0.05) is 30.3 Å². The van der Waals surface area contributed by atoms with E-state index in [0.29, 0.717) is 25.4 Å². The monoisotopic (exact) mass is 337 g/mol. The number of rotatable bonds is 5. The van der Waals surface area contributed by atoms with Crippen LogP contribution >= 0.6 is 11.7 Å². The summed E-state index contributed by atoms with van der Waals surface area (Å²) in [5, 5.41) is 1.25. The zero-order chi connectivity index (χ0) is 15.4. The van der Waals surface area contributed by atoms with Crippen molar-refractivity contribution in [3.8, 4) is 5.88 Å². The molecule has 1 aromatic heterocycles. The summed E-state index contributed by atoms with van der Waals surface area (Å²) < 4.78 is 39.5. The maximum Gasteiger partial charge on any atom is 0.246 e. The van der Waals surface area contributed by atoms with E-state index in [4.69, 9.17) is 4.74 Å². The molecular formula is C14H15N3O3S2. The normalized spacial score (nSPS) is 19.7. The van der Waals surface area contributed by atoms with Crippen LogP contribution < -0.4 is 4.74 Å². The SMILES string of the molecule is O=S(=O)(/C=C/c1ccccc1)N1CCC(Oc2cnsn2)C1. The van der Waals surface area contributed by atoms with Crippen molar-refractivity contribution in [2.75, 3.05) is 13.1 Å². The van der Waals surface area contributed by atoms with Crippen LogP contribution in [-0.4, -0.2) is 40.7 Å². The van der Waals surface area contributed by atoms with Crippen molar-refractivity contribution in [2.24, 2.45) is 0 Å². The first-order valence-electron chi connectivity index (χ1n) is 6.81. The van der Waals surface area contributed by atoms with Crippen LogP contribution in [0.15, 0.2) is 41.9 Å². The van der Waals surface area contributed by atoms with Crippen LogP contribution in [0.1, 0.15) is 12.0 Å². The van der Waals surface area contributed by atoms with Gasteiger partial charge in [-0.2, -0.15) is 8.68 Å². The van der Waals surface area contributed by atoms with Crippen molar-refractivity contribution in [2.45, 2.75) is 12.5 Å². The van der Waals surface area contributed by atoms with Crippen LogP contribution in [0.4, 0.5) is 0 Å². The van der Waals surface area contributed by atoms with Gasteiger partial charge in [-0.25, -0.2) is 8.42 Å². The lowest BCUT2D eigenvalue weighted by Crippen LogP contribution is -2.29. The van der Waals surface area contributed by atoms with Crippen molar-refractivity contribution < 1.29 is 13.2 Å². The maximum atomic E-state index is 12.3. The average molecular weight is 337 g/mol. The Morgan fingerprint density at radius 2 is 2.14 bits per heavy atom. The summed E-state index contributed by atoms with van der Waals surface area (Å²) in [7, 11) is -3.43. The summed E-state index contributed by atoms with van der Waals surface area (Å²) in [5.41, 5.74) is 0.853. The molecule has 116 valence electrons. The molecule has 1 aliphatic rings. The molecule has 0 saturated carbocycles. The van der Waals surface area contributed by atoms with Gasteiger partial charge in [0.25, 0.3) is 0 Å². The zero-order valence-corrected chi connectivity index (χ0v) is 13.3. The lowest BCUT2D eigenvalue weighted by molar-refractivity contribution is 0.209. The van der Waals surface area contributed by atoms with Crippen molar-refractivity contribution in [3.05, 3.63) is 47.5 Å². The zero-order valence-electron chi connectivity index (χ0n) is 11.7. The van der Waals surface area contributed by atoms with Crippen molar-refractivity contribution in [1.29, 1.82) is 0 Å². The van der Waals surface area contributed by atoms with E-state index in [-0.39, 0.29) is 6.10 Å². The van der Waals surface area contributed by atoms with E-state index in [2.05, 4.69) is 8.75 Å². The molecule has 0 amide bonds. The molecule has 6 nitrogen and oxygen atoms in total. The van der Waals surface area contributed by atoms with Crippen molar-refractivity contribution >= 4 is 27.8 Å². The van der Waals surface area contributed by atoms with Gasteiger partial charge in [-0.15, -0.1) is 4.37 Å². The minimum atomic E-state index is -3.43. The topological polar surface area (TPSA) is 72.4 Å². The quantitative estimate of drug-likeness (QED) is 0.834. The lowest BCUT2D eigenvalue weighted by Gasteiger charge is -2.14. The van der Waals surface area contributed by atoms with Crippen LogP contribution in [0.3, 0.4) is 0 Å². The van der Waals surface area contributed by atoms with Crippen LogP contribution in [0, 0.1) is 0 Å². The molecule has 2 heterocycles. The number of hydrogen-bond acceptors (Lipinski definition) is 6. The first kappa shape index (κ1) is 15.1. The first-order chi connectivity index (χ1) is 10.6. The summed E-state index contributed by atoms with van der Waals surface area (Å²) in [4.78, 5) is 0. The molecule has 2 aromatic rings. The standard InChI is InChI=1S/C14H15N3O3S2/c18-22(19,9-7-12-4-2-1-3-5-12)17-8-6-13(11-17)20-14-10-15-21-16-14/h1-5,7,9-10,13H,6,8,11H2/b9-7+. The molecule has 1 aromatic carbocycles. The Bertz CT molecular complexity index is 730. The summed E-state index contributed by atoms with van der Waals surface area (Å²) in [6.45, 7) is 0.780. The van der Waals surface area contributed by atoms with Gasteiger partial charge in [-0.3, -0.25) is 0 Å². The molecule has 0 spiro atoms. The molecule has 0 radical (unpaired) electrons. The third-order valence-electron chi connectivity index (χ3n) is 3.33. The predicted octanol–water partition coefficient (Wildman–Crippen LogP) is 1.99. The Morgan fingerprint density at radius 1 is 1.32 bits per heavy atom. The van der Waals surface area contributed by atoms with Gasteiger partial charge >= 0.3 is 0 Å². The number of ether oxygens (including phenoxy) is 1. The van der Waals surface area contributed by atoms with Crippen LogP contribution in [-0.2, 0) is 10.0 Å². The molecule has 1 saturated heterocycles. The van der Waals surface area contributed by atoms with E-state index < -0.39 is 10.0 Å². The largest absolute Gasteiger partial charge is 0.471 e. The van der Waals surface area contributed by atoms with E-state index in [0.717, 1.165) is 17.3 Å². The molecule has 1 atom stereocenters. The fraction of sp³-hybridized carbons (Fsp3) is 0.286. The number of aromatic nitrogens is 2. The minimum absolute atomic E-state index is 0.177. The number of benzene rings is 1. The highest BCUT2D eigenvalue weighted by Gasteiger charge is 2.31. The smallest absolute Gasteiger partial charge is 0.246 e. The van der Waals surface area contributed by atoms with Gasteiger partial charge in [0.05, 0.1) is 18.3 Å². The highest BCUT2D eigenvalue weighted by Crippen LogP contribution is 2.20. The molecule has 0 bridgehead atoms. The third-order valence-corrected chi connectivity index (χ3v) is 5.32. The molecule has 1 unspecified atom stereocenters. The molecular weight excluding hydrogens is 322 g/mol. The van der Waals surface area contributed by atoms with Crippen LogP contribution in [0.5, 0.6) is 5.88 Å². The molecule has 22 heavy (non-hydrogen) atoms.